The second kappa shape index (κ2) is 5.15. The van der Waals surface area contributed by atoms with Crippen molar-refractivity contribution in [3.05, 3.63) is 29.6 Å². The van der Waals surface area contributed by atoms with Crippen molar-refractivity contribution in [3.8, 4) is 0 Å². The third kappa shape index (κ3) is 3.22. The van der Waals surface area contributed by atoms with Gasteiger partial charge in [-0.2, -0.15) is 0 Å². The Hall–Kier alpha value is -0.650. The molecular weight excluding hydrogens is 277 g/mol. The number of nitrogens with one attached hydrogen (secondary N) is 1. The van der Waals surface area contributed by atoms with Gasteiger partial charge in [0.15, 0.2) is 0 Å². The van der Waals surface area contributed by atoms with Gasteiger partial charge in [-0.05, 0) is 49.4 Å². The fourth-order valence-corrected chi connectivity index (χ4v) is 3.51. The first kappa shape index (κ1) is 13.8. The summed E-state index contributed by atoms with van der Waals surface area (Å²) in [4.78, 5) is 0.101. The molecule has 100 valence electrons. The third-order valence-corrected chi connectivity index (χ3v) is 5.12. The van der Waals surface area contributed by atoms with E-state index in [9.17, 15) is 12.8 Å². The number of hydrogen-bond donors (Lipinski definition) is 1. The van der Waals surface area contributed by atoms with Gasteiger partial charge in [-0.1, -0.05) is 0 Å². The van der Waals surface area contributed by atoms with Crippen LogP contribution in [0.25, 0.3) is 0 Å². The third-order valence-electron chi connectivity index (χ3n) is 3.03. The minimum atomic E-state index is -3.61. The van der Waals surface area contributed by atoms with Gasteiger partial charge in [0.2, 0.25) is 10.0 Å². The Balaban J connectivity index is 2.09. The normalized spacial score (nSPS) is 17.7. The summed E-state index contributed by atoms with van der Waals surface area (Å²) in [6, 6.07) is 3.61. The molecule has 0 saturated heterocycles. The monoisotopic (exact) mass is 291 g/mol. The lowest BCUT2D eigenvalue weighted by molar-refractivity contribution is 0.574. The zero-order chi connectivity index (χ0) is 13.3. The Morgan fingerprint density at radius 3 is 2.72 bits per heavy atom. The fourth-order valence-electron chi connectivity index (χ4n) is 1.81. The van der Waals surface area contributed by atoms with Gasteiger partial charge in [0.25, 0.3) is 0 Å². The molecule has 1 atom stereocenters. The molecule has 1 aliphatic rings. The van der Waals surface area contributed by atoms with E-state index in [2.05, 4.69) is 4.72 Å². The lowest BCUT2D eigenvalue weighted by atomic mass is 10.2. The van der Waals surface area contributed by atoms with Crippen molar-refractivity contribution in [2.24, 2.45) is 5.92 Å². The van der Waals surface area contributed by atoms with Gasteiger partial charge in [0, 0.05) is 11.9 Å². The van der Waals surface area contributed by atoms with Crippen LogP contribution in [-0.2, 0) is 10.0 Å². The van der Waals surface area contributed by atoms with E-state index < -0.39 is 15.8 Å². The molecule has 1 fully saturated rings. The molecule has 0 bridgehead atoms. The second-order valence-corrected chi connectivity index (χ2v) is 6.91. The Morgan fingerprint density at radius 1 is 1.50 bits per heavy atom. The lowest BCUT2D eigenvalue weighted by Gasteiger charge is -2.12. The quantitative estimate of drug-likeness (QED) is 0.847. The molecule has 0 aromatic heterocycles. The zero-order valence-corrected chi connectivity index (χ0v) is 11.6. The van der Waals surface area contributed by atoms with Crippen LogP contribution in [0.3, 0.4) is 0 Å². The maximum Gasteiger partial charge on any atom is 0.240 e. The van der Waals surface area contributed by atoms with Gasteiger partial charge < -0.3 is 0 Å². The van der Waals surface area contributed by atoms with Gasteiger partial charge >= 0.3 is 0 Å². The second-order valence-electron chi connectivity index (χ2n) is 4.62. The van der Waals surface area contributed by atoms with Crippen molar-refractivity contribution in [3.63, 3.8) is 0 Å². The van der Waals surface area contributed by atoms with Crippen LogP contribution in [0.5, 0.6) is 0 Å². The highest BCUT2D eigenvalue weighted by Crippen LogP contribution is 2.35. The number of alkyl halides is 1. The minimum absolute atomic E-state index is 0.101. The average molecular weight is 292 g/mol. The lowest BCUT2D eigenvalue weighted by Crippen LogP contribution is -2.31. The number of benzene rings is 1. The smallest absolute Gasteiger partial charge is 0.210 e. The fraction of sp³-hybridized carbons (Fsp3) is 0.500. The van der Waals surface area contributed by atoms with E-state index in [1.54, 1.807) is 6.92 Å². The minimum Gasteiger partial charge on any atom is -0.210 e. The predicted octanol–water partition coefficient (Wildman–Crippen LogP) is 2.43. The first-order valence-electron chi connectivity index (χ1n) is 5.80. The highest BCUT2D eigenvalue weighted by atomic mass is 35.5. The summed E-state index contributed by atoms with van der Waals surface area (Å²) < 4.78 is 39.4. The van der Waals surface area contributed by atoms with Gasteiger partial charge in [-0.3, -0.25) is 0 Å². The maximum absolute atomic E-state index is 12.9. The van der Waals surface area contributed by atoms with Crippen LogP contribution in [0, 0.1) is 18.7 Å². The molecule has 3 nitrogen and oxygen atoms in total. The molecule has 1 aromatic carbocycles. The average Bonchev–Trinajstić information content (AvgIpc) is 3.09. The molecule has 18 heavy (non-hydrogen) atoms. The summed E-state index contributed by atoms with van der Waals surface area (Å²) in [7, 11) is -3.61. The van der Waals surface area contributed by atoms with E-state index in [1.807, 2.05) is 0 Å². The number of hydrogen-bond acceptors (Lipinski definition) is 2. The van der Waals surface area contributed by atoms with Crippen LogP contribution in [0.4, 0.5) is 4.39 Å². The van der Waals surface area contributed by atoms with Gasteiger partial charge in [-0.15, -0.1) is 11.6 Å². The predicted molar refractivity (Wildman–Crippen MR) is 68.7 cm³/mol. The maximum atomic E-state index is 12.9. The molecule has 1 unspecified atom stereocenters. The van der Waals surface area contributed by atoms with Gasteiger partial charge in [0.05, 0.1) is 4.90 Å². The number of halogens is 2. The van der Waals surface area contributed by atoms with Crippen molar-refractivity contribution in [2.45, 2.75) is 30.0 Å². The SMILES string of the molecule is Cc1cc(F)ccc1S(=O)(=O)NCC(Cl)C1CC1. The Kier molecular flexibility index (Phi) is 3.94. The highest BCUT2D eigenvalue weighted by Gasteiger charge is 2.30. The summed E-state index contributed by atoms with van der Waals surface area (Å²) in [6.45, 7) is 1.78. The summed E-state index contributed by atoms with van der Waals surface area (Å²) >= 11 is 6.05. The number of rotatable bonds is 5. The highest BCUT2D eigenvalue weighted by molar-refractivity contribution is 7.89. The standard InChI is InChI=1S/C12H15ClFNO2S/c1-8-6-10(14)4-5-12(8)18(16,17)15-7-11(13)9-2-3-9/h4-6,9,11,15H,2-3,7H2,1H3. The summed E-state index contributed by atoms with van der Waals surface area (Å²) in [5.41, 5.74) is 0.389. The molecule has 1 aliphatic carbocycles. The van der Waals surface area contributed by atoms with Gasteiger partial charge in [-0.25, -0.2) is 17.5 Å². The van der Waals surface area contributed by atoms with E-state index in [4.69, 9.17) is 11.6 Å². The van der Waals surface area contributed by atoms with Crippen LogP contribution in [0.1, 0.15) is 18.4 Å². The van der Waals surface area contributed by atoms with E-state index in [1.165, 1.54) is 12.1 Å². The van der Waals surface area contributed by atoms with Crippen LogP contribution >= 0.6 is 11.6 Å². The Labute approximate surface area is 111 Å². The molecule has 1 saturated carbocycles. The first-order chi connectivity index (χ1) is 8.40. The largest absolute Gasteiger partial charge is 0.240 e. The molecule has 0 amide bonds. The van der Waals surface area contributed by atoms with E-state index >= 15 is 0 Å². The number of aryl methyl sites for hydroxylation is 1. The summed E-state index contributed by atoms with van der Waals surface area (Å²) in [5, 5.41) is -0.166. The Morgan fingerprint density at radius 2 is 2.17 bits per heavy atom. The molecule has 2 rings (SSSR count). The molecule has 0 spiro atoms. The van der Waals surface area contributed by atoms with Gasteiger partial charge in [0.1, 0.15) is 5.82 Å². The van der Waals surface area contributed by atoms with Crippen LogP contribution in [-0.4, -0.2) is 20.3 Å². The molecule has 6 heteroatoms. The van der Waals surface area contributed by atoms with E-state index in [-0.39, 0.29) is 16.8 Å². The van der Waals surface area contributed by atoms with Crippen molar-refractivity contribution in [1.82, 2.24) is 4.72 Å². The number of sulfonamides is 1. The van der Waals surface area contributed by atoms with Crippen LogP contribution in [0.15, 0.2) is 23.1 Å². The topological polar surface area (TPSA) is 46.2 Å². The zero-order valence-electron chi connectivity index (χ0n) is 9.99. The molecule has 0 aliphatic heterocycles. The molecule has 0 heterocycles. The van der Waals surface area contributed by atoms with Crippen LogP contribution < -0.4 is 4.72 Å². The van der Waals surface area contributed by atoms with Crippen molar-refractivity contribution >= 4 is 21.6 Å². The van der Waals surface area contributed by atoms with Crippen molar-refractivity contribution < 1.29 is 12.8 Å². The van der Waals surface area contributed by atoms with Crippen molar-refractivity contribution in [2.75, 3.05) is 6.54 Å². The first-order valence-corrected chi connectivity index (χ1v) is 7.72. The molecule has 1 N–H and O–H groups in total. The molecular formula is C12H15ClFNO2S. The summed E-state index contributed by atoms with van der Waals surface area (Å²) in [5.74, 6) is -0.0247. The Bertz CT molecular complexity index is 543. The van der Waals surface area contributed by atoms with Crippen LogP contribution in [0.2, 0.25) is 0 Å². The van der Waals surface area contributed by atoms with Crippen molar-refractivity contribution in [1.29, 1.82) is 0 Å². The molecule has 1 aromatic rings. The molecule has 0 radical (unpaired) electrons. The van der Waals surface area contributed by atoms with E-state index in [0.717, 1.165) is 18.9 Å². The van der Waals surface area contributed by atoms with E-state index in [0.29, 0.717) is 11.5 Å². The summed E-state index contributed by atoms with van der Waals surface area (Å²) in [6.07, 6.45) is 2.12.